The first-order valence-electron chi connectivity index (χ1n) is 6.20. The SMILES string of the molecule is NS(=O)(=O)NCC1CCCN(S(=O)(=O)c2sccc2Br)C1. The second-order valence-electron chi connectivity index (χ2n) is 4.82. The molecule has 0 amide bonds. The van der Waals surface area contributed by atoms with E-state index < -0.39 is 20.2 Å². The Bertz CT molecular complexity index is 701. The van der Waals surface area contributed by atoms with Gasteiger partial charge in [-0.1, -0.05) is 0 Å². The molecule has 1 fully saturated rings. The number of hydrogen-bond acceptors (Lipinski definition) is 5. The zero-order valence-electron chi connectivity index (χ0n) is 11.0. The second kappa shape index (κ2) is 6.60. The van der Waals surface area contributed by atoms with Crippen molar-refractivity contribution >= 4 is 47.5 Å². The van der Waals surface area contributed by atoms with E-state index in [1.54, 1.807) is 11.4 Å². The largest absolute Gasteiger partial charge is 0.274 e. The van der Waals surface area contributed by atoms with Crippen molar-refractivity contribution in [1.29, 1.82) is 0 Å². The van der Waals surface area contributed by atoms with Crippen molar-refractivity contribution in [3.63, 3.8) is 0 Å². The van der Waals surface area contributed by atoms with Crippen LogP contribution in [0.5, 0.6) is 0 Å². The van der Waals surface area contributed by atoms with Gasteiger partial charge in [0.1, 0.15) is 4.21 Å². The quantitative estimate of drug-likeness (QED) is 0.734. The predicted molar refractivity (Wildman–Crippen MR) is 84.6 cm³/mol. The van der Waals surface area contributed by atoms with Crippen LogP contribution < -0.4 is 9.86 Å². The summed E-state index contributed by atoms with van der Waals surface area (Å²) in [4.78, 5) is 0. The van der Waals surface area contributed by atoms with Gasteiger partial charge < -0.3 is 0 Å². The Morgan fingerprint density at radius 1 is 1.43 bits per heavy atom. The van der Waals surface area contributed by atoms with Gasteiger partial charge in [-0.2, -0.15) is 12.7 Å². The van der Waals surface area contributed by atoms with E-state index in [4.69, 9.17) is 5.14 Å². The van der Waals surface area contributed by atoms with Crippen molar-refractivity contribution in [2.75, 3.05) is 19.6 Å². The van der Waals surface area contributed by atoms with Gasteiger partial charge in [-0.15, -0.1) is 11.3 Å². The molecule has 1 aliphatic rings. The normalized spacial score (nSPS) is 21.5. The molecule has 0 aliphatic carbocycles. The van der Waals surface area contributed by atoms with E-state index in [-0.39, 0.29) is 23.2 Å². The minimum Gasteiger partial charge on any atom is -0.216 e. The molecule has 0 bridgehead atoms. The molecule has 1 atom stereocenters. The van der Waals surface area contributed by atoms with Crippen LogP contribution in [-0.4, -0.2) is 40.8 Å². The van der Waals surface area contributed by atoms with Crippen LogP contribution in [0.1, 0.15) is 12.8 Å². The standard InChI is InChI=1S/C10H16BrN3O4S3/c11-9-3-5-19-10(9)20(15,16)14-4-1-2-8(7-14)6-13-21(12,17)18/h3,5,8,13H,1-2,4,6-7H2,(H2,12,17,18). The molecule has 11 heteroatoms. The number of sulfonamides is 1. The summed E-state index contributed by atoms with van der Waals surface area (Å²) < 4.78 is 51.4. The van der Waals surface area contributed by atoms with Crippen LogP contribution in [0.4, 0.5) is 0 Å². The molecular formula is C10H16BrN3O4S3. The fourth-order valence-corrected chi connectivity index (χ4v) is 6.70. The maximum absolute atomic E-state index is 12.6. The minimum atomic E-state index is -3.75. The monoisotopic (exact) mass is 417 g/mol. The first-order chi connectivity index (χ1) is 9.70. The van der Waals surface area contributed by atoms with Crippen molar-refractivity contribution in [2.45, 2.75) is 17.1 Å². The Morgan fingerprint density at radius 2 is 2.14 bits per heavy atom. The first-order valence-corrected chi connectivity index (χ1v) is 10.9. The number of nitrogens with two attached hydrogens (primary N) is 1. The third-order valence-electron chi connectivity index (χ3n) is 3.21. The number of nitrogens with zero attached hydrogens (tertiary/aromatic N) is 1. The fourth-order valence-electron chi connectivity index (χ4n) is 2.23. The summed E-state index contributed by atoms with van der Waals surface area (Å²) in [6, 6.07) is 1.70. The van der Waals surface area contributed by atoms with E-state index >= 15 is 0 Å². The topological polar surface area (TPSA) is 110 Å². The van der Waals surface area contributed by atoms with E-state index in [1.165, 1.54) is 4.31 Å². The molecule has 0 radical (unpaired) electrons. The number of thiophene rings is 1. The molecule has 1 aliphatic heterocycles. The third kappa shape index (κ3) is 4.47. The smallest absolute Gasteiger partial charge is 0.216 e. The number of piperidine rings is 1. The lowest BCUT2D eigenvalue weighted by atomic mass is 10.0. The van der Waals surface area contributed by atoms with Gasteiger partial charge in [0.05, 0.1) is 0 Å². The van der Waals surface area contributed by atoms with Gasteiger partial charge in [0.25, 0.3) is 20.2 Å². The van der Waals surface area contributed by atoms with Crippen molar-refractivity contribution < 1.29 is 16.8 Å². The summed E-state index contributed by atoms with van der Waals surface area (Å²) in [6.45, 7) is 0.879. The fraction of sp³-hybridized carbons (Fsp3) is 0.600. The Hall–Kier alpha value is -0.0400. The zero-order chi connectivity index (χ0) is 15.7. The molecule has 1 aromatic rings. The van der Waals surface area contributed by atoms with Crippen LogP contribution in [0.2, 0.25) is 0 Å². The molecule has 2 rings (SSSR count). The summed E-state index contributed by atoms with van der Waals surface area (Å²) in [5.41, 5.74) is 0. The molecule has 0 saturated carbocycles. The zero-order valence-corrected chi connectivity index (χ0v) is 15.1. The summed E-state index contributed by atoms with van der Waals surface area (Å²) >= 11 is 4.40. The van der Waals surface area contributed by atoms with Gasteiger partial charge in [-0.3, -0.25) is 0 Å². The maximum atomic E-state index is 12.6. The first kappa shape index (κ1) is 17.3. The van der Waals surface area contributed by atoms with E-state index in [1.807, 2.05) is 0 Å². The van der Waals surface area contributed by atoms with Gasteiger partial charge in [0.15, 0.2) is 0 Å². The highest BCUT2D eigenvalue weighted by Gasteiger charge is 2.32. The van der Waals surface area contributed by atoms with Crippen molar-refractivity contribution in [3.05, 3.63) is 15.9 Å². The maximum Gasteiger partial charge on any atom is 0.274 e. The summed E-state index contributed by atoms with van der Waals surface area (Å²) in [6.07, 6.45) is 1.46. The van der Waals surface area contributed by atoms with Gasteiger partial charge in [0, 0.05) is 24.1 Å². The van der Waals surface area contributed by atoms with Crippen LogP contribution in [0.25, 0.3) is 0 Å². The number of hydrogen-bond donors (Lipinski definition) is 2. The number of rotatable bonds is 5. The summed E-state index contributed by atoms with van der Waals surface area (Å²) in [5.74, 6) is -0.0782. The van der Waals surface area contributed by atoms with Crippen LogP contribution >= 0.6 is 27.3 Å². The molecule has 7 nitrogen and oxygen atoms in total. The minimum absolute atomic E-state index is 0.0782. The van der Waals surface area contributed by atoms with Gasteiger partial charge in [-0.05, 0) is 46.1 Å². The molecule has 120 valence electrons. The highest BCUT2D eigenvalue weighted by molar-refractivity contribution is 9.10. The highest BCUT2D eigenvalue weighted by atomic mass is 79.9. The van der Waals surface area contributed by atoms with Gasteiger partial charge in [-0.25, -0.2) is 18.3 Å². The molecule has 1 saturated heterocycles. The Balaban J connectivity index is 2.09. The third-order valence-corrected chi connectivity index (χ3v) is 8.29. The highest BCUT2D eigenvalue weighted by Crippen LogP contribution is 2.32. The molecule has 1 unspecified atom stereocenters. The van der Waals surface area contributed by atoms with Crippen LogP contribution in [0.3, 0.4) is 0 Å². The molecule has 3 N–H and O–H groups in total. The Kier molecular flexibility index (Phi) is 5.45. The van der Waals surface area contributed by atoms with E-state index in [2.05, 4.69) is 20.7 Å². The lowest BCUT2D eigenvalue weighted by molar-refractivity contribution is 0.267. The average Bonchev–Trinajstić information content (AvgIpc) is 2.83. The van der Waals surface area contributed by atoms with E-state index in [0.29, 0.717) is 17.4 Å². The Morgan fingerprint density at radius 3 is 2.71 bits per heavy atom. The average molecular weight is 418 g/mol. The van der Waals surface area contributed by atoms with Gasteiger partial charge >= 0.3 is 0 Å². The lowest BCUT2D eigenvalue weighted by Gasteiger charge is -2.31. The lowest BCUT2D eigenvalue weighted by Crippen LogP contribution is -2.44. The van der Waals surface area contributed by atoms with Crippen LogP contribution in [0, 0.1) is 5.92 Å². The van der Waals surface area contributed by atoms with E-state index in [9.17, 15) is 16.8 Å². The van der Waals surface area contributed by atoms with Gasteiger partial charge in [0.2, 0.25) is 0 Å². The molecule has 1 aromatic heterocycles. The molecule has 0 aromatic carbocycles. The van der Waals surface area contributed by atoms with Crippen molar-refractivity contribution in [2.24, 2.45) is 11.1 Å². The second-order valence-corrected chi connectivity index (χ2v) is 10.1. The van der Waals surface area contributed by atoms with E-state index in [0.717, 1.165) is 17.8 Å². The van der Waals surface area contributed by atoms with Crippen molar-refractivity contribution in [3.8, 4) is 0 Å². The van der Waals surface area contributed by atoms with Crippen LogP contribution in [-0.2, 0) is 20.2 Å². The number of halogens is 1. The summed E-state index contributed by atoms with van der Waals surface area (Å²) in [7, 11) is -7.29. The molecular weight excluding hydrogens is 402 g/mol. The summed E-state index contributed by atoms with van der Waals surface area (Å²) in [5, 5.41) is 6.60. The number of nitrogens with one attached hydrogen (secondary N) is 1. The van der Waals surface area contributed by atoms with Crippen LogP contribution in [0.15, 0.2) is 20.1 Å². The molecule has 2 heterocycles. The predicted octanol–water partition coefficient (Wildman–Crippen LogP) is 0.704. The Labute approximate surface area is 136 Å². The molecule has 0 spiro atoms. The molecule has 21 heavy (non-hydrogen) atoms. The van der Waals surface area contributed by atoms with Crippen molar-refractivity contribution in [1.82, 2.24) is 9.03 Å².